The van der Waals surface area contributed by atoms with Crippen LogP contribution in [0, 0.1) is 0 Å². The molecule has 3 rings (SSSR count). The highest BCUT2D eigenvalue weighted by Gasteiger charge is 2.12. The minimum atomic E-state index is 0.166. The number of hydrogen-bond donors (Lipinski definition) is 0. The van der Waals surface area contributed by atoms with Crippen molar-refractivity contribution >= 4 is 27.2 Å². The van der Waals surface area contributed by atoms with Gasteiger partial charge in [0, 0.05) is 31.4 Å². The van der Waals surface area contributed by atoms with E-state index in [2.05, 4.69) is 30.0 Å². The lowest BCUT2D eigenvalue weighted by molar-refractivity contribution is 0.556. The molecule has 0 radical (unpaired) electrons. The third kappa shape index (κ3) is 6.28. The number of anilines is 1. The quantitative estimate of drug-likeness (QED) is 0.226. The van der Waals surface area contributed by atoms with Gasteiger partial charge in [0.25, 0.3) is 0 Å². The molecule has 0 saturated carbocycles. The van der Waals surface area contributed by atoms with E-state index in [1.807, 2.05) is 20.2 Å². The second kappa shape index (κ2) is 11.5. The van der Waals surface area contributed by atoms with E-state index in [1.165, 1.54) is 57.8 Å². The highest BCUT2D eigenvalue weighted by molar-refractivity contribution is 7.21. The first-order valence-corrected chi connectivity index (χ1v) is 12.4. The van der Waals surface area contributed by atoms with E-state index in [-0.39, 0.29) is 5.43 Å². The molecule has 0 unspecified atom stereocenters. The van der Waals surface area contributed by atoms with Crippen LogP contribution in [0.15, 0.2) is 35.1 Å². The summed E-state index contributed by atoms with van der Waals surface area (Å²) in [5, 5.41) is 0. The van der Waals surface area contributed by atoms with E-state index < -0.39 is 0 Å². The van der Waals surface area contributed by atoms with Crippen LogP contribution in [0.25, 0.3) is 20.8 Å². The molecule has 1 aliphatic heterocycles. The minimum Gasteiger partial charge on any atom is -0.378 e. The first-order chi connectivity index (χ1) is 14.6. The summed E-state index contributed by atoms with van der Waals surface area (Å²) in [5.41, 5.74) is 4.19. The number of benzene rings is 2. The number of rotatable bonds is 12. The molecule has 1 aromatic carbocycles. The van der Waals surface area contributed by atoms with E-state index in [0.717, 1.165) is 44.9 Å². The smallest absolute Gasteiger partial charge is 0.183 e. The molecule has 0 saturated heterocycles. The molecule has 30 heavy (non-hydrogen) atoms. The number of aromatic nitrogens is 1. The molecule has 1 heterocycles. The standard InChI is InChI=1S/C26H36N2OS/c1-4-5-6-7-8-9-10-11-12-13-14-20-17-23-26(19-24(20)29)30-25-18-21(28(2)3)15-16-22(25)27-23/h15-19H,4-14H2,1-3H3. The van der Waals surface area contributed by atoms with Gasteiger partial charge in [-0.3, -0.25) is 4.79 Å². The van der Waals surface area contributed by atoms with Crippen LogP contribution in [0.5, 0.6) is 0 Å². The van der Waals surface area contributed by atoms with Crippen LogP contribution in [-0.4, -0.2) is 19.1 Å². The first-order valence-electron chi connectivity index (χ1n) is 11.6. The van der Waals surface area contributed by atoms with Gasteiger partial charge >= 0.3 is 0 Å². The fourth-order valence-electron chi connectivity index (χ4n) is 3.96. The Kier molecular flexibility index (Phi) is 8.68. The van der Waals surface area contributed by atoms with Gasteiger partial charge in [-0.1, -0.05) is 64.7 Å². The summed E-state index contributed by atoms with van der Waals surface area (Å²) in [7, 11) is 4.08. The zero-order valence-electron chi connectivity index (χ0n) is 18.9. The number of aryl methyl sites for hydroxylation is 1. The second-order valence-corrected chi connectivity index (χ2v) is 9.70. The van der Waals surface area contributed by atoms with Crippen molar-refractivity contribution in [1.82, 2.24) is 4.98 Å². The summed E-state index contributed by atoms with van der Waals surface area (Å²) in [4.78, 5) is 20.5. The molecule has 0 N–H and O–H groups in total. The molecule has 4 heteroatoms. The van der Waals surface area contributed by atoms with Gasteiger partial charge in [-0.2, -0.15) is 0 Å². The molecule has 0 aromatic heterocycles. The van der Waals surface area contributed by atoms with Gasteiger partial charge in [0.1, 0.15) is 0 Å². The third-order valence-corrected chi connectivity index (χ3v) is 6.96. The lowest BCUT2D eigenvalue weighted by Gasteiger charge is -2.14. The summed E-state index contributed by atoms with van der Waals surface area (Å²) in [6, 6.07) is 10.1. The van der Waals surface area contributed by atoms with Gasteiger partial charge in [-0.05, 0) is 37.1 Å². The van der Waals surface area contributed by atoms with Crippen molar-refractivity contribution in [2.45, 2.75) is 77.6 Å². The topological polar surface area (TPSA) is 33.2 Å². The Balaban J connectivity index is 1.55. The van der Waals surface area contributed by atoms with Gasteiger partial charge in [0.05, 0.1) is 20.8 Å². The zero-order chi connectivity index (χ0) is 21.3. The summed E-state index contributed by atoms with van der Waals surface area (Å²) in [6.07, 6.45) is 14.0. The van der Waals surface area contributed by atoms with Gasteiger partial charge in [0.2, 0.25) is 0 Å². The van der Waals surface area contributed by atoms with E-state index >= 15 is 0 Å². The Morgan fingerprint density at radius 2 is 1.53 bits per heavy atom. The molecular weight excluding hydrogens is 388 g/mol. The lowest BCUT2D eigenvalue weighted by Crippen LogP contribution is -2.09. The molecule has 1 aromatic rings. The van der Waals surface area contributed by atoms with Crippen molar-refractivity contribution < 1.29 is 0 Å². The molecular formula is C26H36N2OS. The normalized spacial score (nSPS) is 11.4. The van der Waals surface area contributed by atoms with Crippen LogP contribution in [0.3, 0.4) is 0 Å². The van der Waals surface area contributed by atoms with Crippen LogP contribution in [0.4, 0.5) is 5.69 Å². The Hall–Kier alpha value is -1.94. The van der Waals surface area contributed by atoms with E-state index in [4.69, 9.17) is 4.98 Å². The van der Waals surface area contributed by atoms with Gasteiger partial charge in [-0.25, -0.2) is 4.98 Å². The van der Waals surface area contributed by atoms with Crippen molar-refractivity contribution in [3.8, 4) is 10.6 Å². The van der Waals surface area contributed by atoms with Crippen LogP contribution in [-0.2, 0) is 6.42 Å². The predicted octanol–water partition coefficient (Wildman–Crippen LogP) is 7.29. The number of fused-ring (bicyclic) bond motifs is 2. The molecule has 0 amide bonds. The molecule has 162 valence electrons. The number of unbranched alkanes of at least 4 members (excludes halogenated alkanes) is 9. The Morgan fingerprint density at radius 1 is 0.867 bits per heavy atom. The Bertz CT molecular complexity index is 963. The molecule has 0 spiro atoms. The van der Waals surface area contributed by atoms with Crippen LogP contribution < -0.4 is 10.3 Å². The van der Waals surface area contributed by atoms with Gasteiger partial charge < -0.3 is 4.90 Å². The Labute approximate surface area is 185 Å². The molecule has 1 aliphatic carbocycles. The van der Waals surface area contributed by atoms with E-state index in [9.17, 15) is 4.79 Å². The summed E-state index contributed by atoms with van der Waals surface area (Å²) < 4.78 is 1.12. The van der Waals surface area contributed by atoms with Crippen molar-refractivity contribution in [1.29, 1.82) is 0 Å². The van der Waals surface area contributed by atoms with Crippen molar-refractivity contribution in [2.24, 2.45) is 0 Å². The Morgan fingerprint density at radius 3 is 2.20 bits per heavy atom. The fraction of sp³-hybridized carbons (Fsp3) is 0.538. The fourth-order valence-corrected chi connectivity index (χ4v) is 4.97. The predicted molar refractivity (Wildman–Crippen MR) is 132 cm³/mol. The molecule has 0 fully saturated rings. The maximum absolute atomic E-state index is 12.6. The highest BCUT2D eigenvalue weighted by Crippen LogP contribution is 2.32. The molecule has 0 atom stereocenters. The summed E-state index contributed by atoms with van der Waals surface area (Å²) in [5.74, 6) is 0. The van der Waals surface area contributed by atoms with Crippen LogP contribution in [0.2, 0.25) is 0 Å². The third-order valence-electron chi connectivity index (χ3n) is 5.86. The van der Waals surface area contributed by atoms with Gasteiger partial charge in [-0.15, -0.1) is 11.3 Å². The average Bonchev–Trinajstić information content (AvgIpc) is 2.73. The monoisotopic (exact) mass is 424 g/mol. The van der Waals surface area contributed by atoms with E-state index in [1.54, 1.807) is 17.4 Å². The zero-order valence-corrected chi connectivity index (χ0v) is 19.7. The summed E-state index contributed by atoms with van der Waals surface area (Å²) in [6.45, 7) is 2.27. The largest absolute Gasteiger partial charge is 0.378 e. The van der Waals surface area contributed by atoms with Crippen molar-refractivity contribution in [3.05, 3.63) is 46.1 Å². The number of nitrogens with zero attached hydrogens (tertiary/aromatic N) is 2. The first kappa shape index (κ1) is 22.7. The minimum absolute atomic E-state index is 0.166. The highest BCUT2D eigenvalue weighted by atomic mass is 32.1. The summed E-state index contributed by atoms with van der Waals surface area (Å²) >= 11 is 1.66. The van der Waals surface area contributed by atoms with Crippen LogP contribution in [0.1, 0.15) is 76.7 Å². The van der Waals surface area contributed by atoms with Crippen molar-refractivity contribution in [3.63, 3.8) is 0 Å². The van der Waals surface area contributed by atoms with E-state index in [0.29, 0.717) is 0 Å². The maximum atomic E-state index is 12.6. The second-order valence-electron chi connectivity index (χ2n) is 8.62. The van der Waals surface area contributed by atoms with Crippen LogP contribution >= 0.6 is 11.3 Å². The lowest BCUT2D eigenvalue weighted by atomic mass is 10.0. The van der Waals surface area contributed by atoms with Gasteiger partial charge in [0.15, 0.2) is 5.43 Å². The average molecular weight is 425 g/mol. The number of hydrogen-bond acceptors (Lipinski definition) is 4. The molecule has 2 aliphatic rings. The van der Waals surface area contributed by atoms with Crippen molar-refractivity contribution in [2.75, 3.05) is 19.0 Å². The SMILES string of the molecule is CCCCCCCCCCCCc1cc2nc3ccc(N(C)C)cc3sc-2cc1=O. The maximum Gasteiger partial charge on any atom is 0.183 e. The molecule has 3 nitrogen and oxygen atoms in total. The molecule has 0 bridgehead atoms.